The number of imidazole rings is 1. The van der Waals surface area contributed by atoms with Gasteiger partial charge < -0.3 is 15.3 Å². The average Bonchev–Trinajstić information content (AvgIpc) is 3.30. The van der Waals surface area contributed by atoms with Gasteiger partial charge in [0.25, 0.3) is 5.91 Å². The predicted molar refractivity (Wildman–Crippen MR) is 109 cm³/mol. The fourth-order valence-corrected chi connectivity index (χ4v) is 3.39. The number of nitrogens with zero attached hydrogens (tertiary/aromatic N) is 2. The lowest BCUT2D eigenvalue weighted by molar-refractivity contribution is 0.0940. The number of aromatic nitrogens is 4. The van der Waals surface area contributed by atoms with Gasteiger partial charge in [0.05, 0.1) is 5.69 Å². The van der Waals surface area contributed by atoms with Crippen LogP contribution in [0.5, 0.6) is 0 Å². The van der Waals surface area contributed by atoms with Gasteiger partial charge in [-0.3, -0.25) is 14.6 Å². The van der Waals surface area contributed by atoms with Crippen molar-refractivity contribution in [3.05, 3.63) is 70.5 Å². The number of amides is 1. The fraction of sp³-hybridized carbons (Fsp3) is 0.100. The van der Waals surface area contributed by atoms with Crippen molar-refractivity contribution < 1.29 is 9.59 Å². The first-order valence-corrected chi connectivity index (χ1v) is 9.37. The Labute approximate surface area is 168 Å². The summed E-state index contributed by atoms with van der Waals surface area (Å²) in [5.41, 5.74) is 3.84. The summed E-state index contributed by atoms with van der Waals surface area (Å²) in [5.74, 6) is -0.105. The lowest BCUT2D eigenvalue weighted by Crippen LogP contribution is -2.23. The number of ketones is 1. The van der Waals surface area contributed by atoms with Crippen molar-refractivity contribution in [3.63, 3.8) is 0 Å². The normalized spacial score (nSPS) is 10.9. The summed E-state index contributed by atoms with van der Waals surface area (Å²) in [4.78, 5) is 38.4. The molecule has 0 radical (unpaired) electrons. The van der Waals surface area contributed by atoms with Gasteiger partial charge >= 0.3 is 0 Å². The molecule has 0 saturated carbocycles. The number of benzene rings is 1. The number of carbonyl (C=O) groups is 2. The predicted octanol–water partition coefficient (Wildman–Crippen LogP) is 3.85. The number of halogens is 1. The van der Waals surface area contributed by atoms with Crippen molar-refractivity contribution in [3.8, 4) is 11.3 Å². The van der Waals surface area contributed by atoms with Crippen LogP contribution in [0.25, 0.3) is 22.2 Å². The van der Waals surface area contributed by atoms with Crippen LogP contribution in [0.1, 0.15) is 33.6 Å². The second-order valence-corrected chi connectivity index (χ2v) is 7.12. The van der Waals surface area contributed by atoms with Crippen molar-refractivity contribution in [1.29, 1.82) is 0 Å². The van der Waals surface area contributed by atoms with Crippen LogP contribution < -0.4 is 5.32 Å². The highest BCUT2D eigenvalue weighted by atomic mass is 79.9. The van der Waals surface area contributed by atoms with E-state index in [1.54, 1.807) is 12.4 Å². The molecule has 0 aliphatic heterocycles. The Morgan fingerprint density at radius 2 is 1.89 bits per heavy atom. The SMILES string of the molecule is CC(=O)c1cc2cc(-c3nc(C(=O)NCc4ccncc4)[nH]c3Br)ccc2[nH]1. The highest BCUT2D eigenvalue weighted by molar-refractivity contribution is 9.10. The zero-order valence-electron chi connectivity index (χ0n) is 14.9. The number of H-pyrrole nitrogens is 2. The molecule has 3 N–H and O–H groups in total. The Balaban J connectivity index is 1.57. The van der Waals surface area contributed by atoms with E-state index in [9.17, 15) is 9.59 Å². The number of Topliss-reactive ketones (excluding diaryl/α,β-unsaturated/α-hetero) is 1. The minimum absolute atomic E-state index is 0.0214. The second kappa shape index (κ2) is 7.40. The monoisotopic (exact) mass is 437 g/mol. The molecule has 0 bridgehead atoms. The van der Waals surface area contributed by atoms with Crippen LogP contribution in [-0.2, 0) is 6.54 Å². The maximum atomic E-state index is 12.4. The fourth-order valence-electron chi connectivity index (χ4n) is 2.89. The van der Waals surface area contributed by atoms with Gasteiger partial charge in [-0.05, 0) is 51.8 Å². The Hall–Kier alpha value is -3.26. The summed E-state index contributed by atoms with van der Waals surface area (Å²) in [7, 11) is 0. The summed E-state index contributed by atoms with van der Waals surface area (Å²) < 4.78 is 0.614. The minimum atomic E-state index is -0.301. The Kier molecular flexibility index (Phi) is 4.79. The first-order chi connectivity index (χ1) is 13.5. The van der Waals surface area contributed by atoms with E-state index in [1.807, 2.05) is 36.4 Å². The number of aromatic amines is 2. The average molecular weight is 438 g/mol. The molecule has 0 saturated heterocycles. The number of pyridine rings is 1. The molecule has 0 atom stereocenters. The Bertz CT molecular complexity index is 1180. The molecule has 0 aliphatic rings. The molecule has 3 aromatic heterocycles. The van der Waals surface area contributed by atoms with Gasteiger partial charge in [-0.1, -0.05) is 6.07 Å². The lowest BCUT2D eigenvalue weighted by atomic mass is 10.1. The first-order valence-electron chi connectivity index (χ1n) is 8.58. The molecule has 8 heteroatoms. The number of hydrogen-bond acceptors (Lipinski definition) is 4. The van der Waals surface area contributed by atoms with Gasteiger partial charge in [0.15, 0.2) is 11.6 Å². The van der Waals surface area contributed by atoms with Crippen molar-refractivity contribution in [1.82, 2.24) is 25.3 Å². The van der Waals surface area contributed by atoms with Crippen LogP contribution in [0.15, 0.2) is 53.4 Å². The van der Waals surface area contributed by atoms with Crippen LogP contribution in [0, 0.1) is 0 Å². The van der Waals surface area contributed by atoms with E-state index in [4.69, 9.17) is 0 Å². The Morgan fingerprint density at radius 3 is 2.64 bits per heavy atom. The summed E-state index contributed by atoms with van der Waals surface area (Å²) >= 11 is 3.44. The van der Waals surface area contributed by atoms with Gasteiger partial charge in [-0.15, -0.1) is 0 Å². The molecule has 0 spiro atoms. The largest absolute Gasteiger partial charge is 0.352 e. The van der Waals surface area contributed by atoms with E-state index in [0.29, 0.717) is 22.5 Å². The zero-order valence-corrected chi connectivity index (χ0v) is 16.5. The molecule has 1 amide bonds. The molecule has 1 aromatic carbocycles. The van der Waals surface area contributed by atoms with Crippen molar-refractivity contribution >= 4 is 38.5 Å². The minimum Gasteiger partial charge on any atom is -0.352 e. The van der Waals surface area contributed by atoms with E-state index in [2.05, 4.69) is 41.2 Å². The number of hydrogen-bond donors (Lipinski definition) is 3. The van der Waals surface area contributed by atoms with Crippen LogP contribution >= 0.6 is 15.9 Å². The van der Waals surface area contributed by atoms with Gasteiger partial charge in [0.1, 0.15) is 10.3 Å². The maximum absolute atomic E-state index is 12.4. The lowest BCUT2D eigenvalue weighted by Gasteiger charge is -2.02. The van der Waals surface area contributed by atoms with Gasteiger partial charge in [-0.2, -0.15) is 0 Å². The molecule has 0 aliphatic carbocycles. The summed E-state index contributed by atoms with van der Waals surface area (Å²) in [5, 5.41) is 3.73. The zero-order chi connectivity index (χ0) is 19.7. The highest BCUT2D eigenvalue weighted by Gasteiger charge is 2.16. The van der Waals surface area contributed by atoms with Crippen molar-refractivity contribution in [2.24, 2.45) is 0 Å². The molecule has 4 aromatic rings. The molecule has 7 nitrogen and oxygen atoms in total. The van der Waals surface area contributed by atoms with E-state index in [-0.39, 0.29) is 17.5 Å². The van der Waals surface area contributed by atoms with Gasteiger partial charge in [-0.25, -0.2) is 4.98 Å². The van der Waals surface area contributed by atoms with E-state index in [1.165, 1.54) is 6.92 Å². The number of fused-ring (bicyclic) bond motifs is 1. The second-order valence-electron chi connectivity index (χ2n) is 6.33. The molecule has 28 heavy (non-hydrogen) atoms. The molecular weight excluding hydrogens is 422 g/mol. The molecule has 0 unspecified atom stereocenters. The van der Waals surface area contributed by atoms with E-state index < -0.39 is 0 Å². The number of rotatable bonds is 5. The maximum Gasteiger partial charge on any atom is 0.287 e. The molecule has 0 fully saturated rings. The standard InChI is InChI=1S/C20H16BrN5O2/c1-11(27)16-9-14-8-13(2-3-15(14)24-16)17-18(21)26-19(25-17)20(28)23-10-12-4-6-22-7-5-12/h2-9,24H,10H2,1H3,(H,23,28)(H,25,26). The number of carbonyl (C=O) groups excluding carboxylic acids is 2. The summed E-state index contributed by atoms with van der Waals surface area (Å²) in [6.07, 6.45) is 3.36. The van der Waals surface area contributed by atoms with E-state index >= 15 is 0 Å². The van der Waals surface area contributed by atoms with Gasteiger partial charge in [0, 0.05) is 42.3 Å². The molecule has 4 rings (SSSR count). The first kappa shape index (κ1) is 18.1. The molecule has 3 heterocycles. The third-order valence-electron chi connectivity index (χ3n) is 4.35. The van der Waals surface area contributed by atoms with Crippen molar-refractivity contribution in [2.75, 3.05) is 0 Å². The van der Waals surface area contributed by atoms with Crippen LogP contribution in [0.4, 0.5) is 0 Å². The van der Waals surface area contributed by atoms with E-state index in [0.717, 1.165) is 22.0 Å². The van der Waals surface area contributed by atoms with Crippen LogP contribution in [0.3, 0.4) is 0 Å². The topological polar surface area (TPSA) is 104 Å². The summed E-state index contributed by atoms with van der Waals surface area (Å²) in [6, 6.07) is 11.2. The molecule has 140 valence electrons. The number of nitrogens with one attached hydrogen (secondary N) is 3. The third kappa shape index (κ3) is 3.59. The Morgan fingerprint density at radius 1 is 1.11 bits per heavy atom. The highest BCUT2D eigenvalue weighted by Crippen LogP contribution is 2.29. The van der Waals surface area contributed by atoms with Crippen LogP contribution in [-0.4, -0.2) is 31.6 Å². The smallest absolute Gasteiger partial charge is 0.287 e. The van der Waals surface area contributed by atoms with Crippen LogP contribution in [0.2, 0.25) is 0 Å². The van der Waals surface area contributed by atoms with Crippen molar-refractivity contribution in [2.45, 2.75) is 13.5 Å². The van der Waals surface area contributed by atoms with Gasteiger partial charge in [0.2, 0.25) is 0 Å². The third-order valence-corrected chi connectivity index (χ3v) is 4.92. The quantitative estimate of drug-likeness (QED) is 0.412. The molecular formula is C20H16BrN5O2. The summed E-state index contributed by atoms with van der Waals surface area (Å²) in [6.45, 7) is 1.91.